The lowest BCUT2D eigenvalue weighted by Crippen LogP contribution is -2.36. The summed E-state index contributed by atoms with van der Waals surface area (Å²) in [4.78, 5) is 15.8. The quantitative estimate of drug-likeness (QED) is 0.521. The van der Waals surface area contributed by atoms with Crippen LogP contribution >= 0.6 is 0 Å². The van der Waals surface area contributed by atoms with Gasteiger partial charge in [0.25, 0.3) is 0 Å². The van der Waals surface area contributed by atoms with E-state index in [4.69, 9.17) is 15.6 Å². The second-order valence-corrected chi connectivity index (χ2v) is 5.95. The van der Waals surface area contributed by atoms with Crippen molar-refractivity contribution in [2.24, 2.45) is 5.92 Å². The molecule has 1 aromatic rings. The third-order valence-corrected chi connectivity index (χ3v) is 3.71. The van der Waals surface area contributed by atoms with E-state index >= 15 is 0 Å². The molecule has 0 amide bonds. The number of nitrogens with zero attached hydrogens (tertiary/aromatic N) is 2. The molecule has 0 bridgehead atoms. The first kappa shape index (κ1) is 17.6. The molecule has 1 aromatic heterocycles. The zero-order valence-electron chi connectivity index (χ0n) is 13.2. The van der Waals surface area contributed by atoms with Gasteiger partial charge >= 0.3 is 5.69 Å². The Kier molecular flexibility index (Phi) is 5.53. The fourth-order valence-electron chi connectivity index (χ4n) is 2.44. The van der Waals surface area contributed by atoms with Gasteiger partial charge in [0.05, 0.1) is 6.61 Å². The monoisotopic (exact) mass is 325 g/mol. The summed E-state index contributed by atoms with van der Waals surface area (Å²) < 4.78 is 6.45. The minimum Gasteiger partial charge on any atom is -0.394 e. The van der Waals surface area contributed by atoms with Gasteiger partial charge in [0.2, 0.25) is 0 Å². The molecule has 0 radical (unpaired) electrons. The van der Waals surface area contributed by atoms with E-state index in [-0.39, 0.29) is 5.82 Å². The van der Waals surface area contributed by atoms with Crippen LogP contribution in [0.1, 0.15) is 25.6 Å². The summed E-state index contributed by atoms with van der Waals surface area (Å²) in [6.07, 6.45) is 1.18. The highest BCUT2D eigenvalue weighted by Crippen LogP contribution is 2.28. The molecule has 4 atom stereocenters. The molecule has 0 unspecified atom stereocenters. The number of ether oxygens (including phenoxy) is 1. The lowest BCUT2D eigenvalue weighted by atomic mass is 10.1. The Bertz CT molecular complexity index is 628. The molecule has 0 spiro atoms. The zero-order valence-corrected chi connectivity index (χ0v) is 13.2. The van der Waals surface area contributed by atoms with Crippen LogP contribution in [0.5, 0.6) is 0 Å². The molecule has 0 aliphatic carbocycles. The van der Waals surface area contributed by atoms with Crippen molar-refractivity contribution >= 4 is 5.82 Å². The van der Waals surface area contributed by atoms with Crippen molar-refractivity contribution in [1.29, 1.82) is 0 Å². The maximum absolute atomic E-state index is 12.0. The predicted molar refractivity (Wildman–Crippen MR) is 83.6 cm³/mol. The topological polar surface area (TPSA) is 131 Å². The lowest BCUT2D eigenvalue weighted by Gasteiger charge is -2.18. The number of hydrogen-bond donors (Lipinski definition) is 4. The smallest absolute Gasteiger partial charge is 0.351 e. The number of rotatable bonds is 5. The van der Waals surface area contributed by atoms with Crippen molar-refractivity contribution in [3.05, 3.63) is 34.4 Å². The molecule has 2 heterocycles. The minimum atomic E-state index is -1.34. The van der Waals surface area contributed by atoms with Crippen molar-refractivity contribution < 1.29 is 20.1 Å². The van der Waals surface area contributed by atoms with Gasteiger partial charge in [-0.2, -0.15) is 4.98 Å². The molecule has 0 aromatic carbocycles. The summed E-state index contributed by atoms with van der Waals surface area (Å²) in [6, 6.07) is 0. The molecule has 8 nitrogen and oxygen atoms in total. The lowest BCUT2D eigenvalue weighted by molar-refractivity contribution is -0.0550. The fraction of sp³-hybridized carbons (Fsp3) is 0.600. The van der Waals surface area contributed by atoms with E-state index in [2.05, 4.69) is 4.98 Å². The molecule has 1 aliphatic rings. The van der Waals surface area contributed by atoms with E-state index in [1.165, 1.54) is 6.20 Å². The van der Waals surface area contributed by atoms with Crippen LogP contribution in [0.25, 0.3) is 0 Å². The van der Waals surface area contributed by atoms with Gasteiger partial charge in [0.15, 0.2) is 6.23 Å². The van der Waals surface area contributed by atoms with Crippen LogP contribution in [0, 0.1) is 5.92 Å². The Hall–Kier alpha value is -1.74. The zero-order chi connectivity index (χ0) is 17.1. The fourth-order valence-corrected chi connectivity index (χ4v) is 2.44. The highest BCUT2D eigenvalue weighted by Gasteiger charge is 2.43. The highest BCUT2D eigenvalue weighted by molar-refractivity contribution is 5.38. The van der Waals surface area contributed by atoms with Crippen molar-refractivity contribution in [3.63, 3.8) is 0 Å². The van der Waals surface area contributed by atoms with Gasteiger partial charge in [-0.1, -0.05) is 26.0 Å². The first-order chi connectivity index (χ1) is 10.8. The van der Waals surface area contributed by atoms with Crippen molar-refractivity contribution in [3.8, 4) is 0 Å². The summed E-state index contributed by atoms with van der Waals surface area (Å²) in [5.74, 6) is 0.502. The highest BCUT2D eigenvalue weighted by atomic mass is 16.6. The Morgan fingerprint density at radius 1 is 1.43 bits per heavy atom. The molecule has 1 fully saturated rings. The second kappa shape index (κ2) is 7.22. The number of nitrogen functional groups attached to an aromatic ring is 1. The van der Waals surface area contributed by atoms with Crippen LogP contribution in [0.2, 0.25) is 0 Å². The molecule has 1 saturated heterocycles. The van der Waals surface area contributed by atoms with Gasteiger partial charge in [-0.05, 0) is 12.3 Å². The van der Waals surface area contributed by atoms with E-state index in [0.717, 1.165) is 4.57 Å². The predicted octanol–water partition coefficient (Wildman–Crippen LogP) is -0.808. The number of hydrogen-bond acceptors (Lipinski definition) is 7. The van der Waals surface area contributed by atoms with Crippen LogP contribution in [0.3, 0.4) is 0 Å². The average Bonchev–Trinajstić information content (AvgIpc) is 2.77. The molecule has 128 valence electrons. The van der Waals surface area contributed by atoms with Crippen LogP contribution in [0.15, 0.2) is 23.1 Å². The van der Waals surface area contributed by atoms with Crippen molar-refractivity contribution in [2.75, 3.05) is 12.3 Å². The van der Waals surface area contributed by atoms with E-state index < -0.39 is 36.8 Å². The van der Waals surface area contributed by atoms with Gasteiger partial charge in [0.1, 0.15) is 24.1 Å². The maximum atomic E-state index is 12.0. The van der Waals surface area contributed by atoms with E-state index in [9.17, 15) is 15.0 Å². The van der Waals surface area contributed by atoms with Gasteiger partial charge < -0.3 is 25.8 Å². The molecule has 2 rings (SSSR count). The normalized spacial score (nSPS) is 28.1. The number of anilines is 1. The Balaban J connectivity index is 2.30. The summed E-state index contributed by atoms with van der Waals surface area (Å²) in [6.45, 7) is 3.62. The summed E-state index contributed by atoms with van der Waals surface area (Å²) in [5, 5.41) is 29.0. The Morgan fingerprint density at radius 2 is 2.13 bits per heavy atom. The molecular formula is C15H23N3O5. The average molecular weight is 325 g/mol. The summed E-state index contributed by atoms with van der Waals surface area (Å²) in [7, 11) is 0. The Labute approximate surface area is 133 Å². The van der Waals surface area contributed by atoms with Gasteiger partial charge in [0, 0.05) is 11.8 Å². The third-order valence-electron chi connectivity index (χ3n) is 3.71. The molecule has 0 saturated carbocycles. The molecular weight excluding hydrogens is 302 g/mol. The van der Waals surface area contributed by atoms with E-state index in [1.54, 1.807) is 0 Å². The SMILES string of the molecule is CC(C)C=CCc1cn([C@@H]2O[C@H](CO)[C@@H](O)[C@H]2O)c(=O)nc1N. The molecule has 5 N–H and O–H groups in total. The minimum absolute atomic E-state index is 0.117. The van der Waals surface area contributed by atoms with Crippen molar-refractivity contribution in [1.82, 2.24) is 9.55 Å². The van der Waals surface area contributed by atoms with Crippen LogP contribution in [-0.2, 0) is 11.2 Å². The van der Waals surface area contributed by atoms with Crippen LogP contribution in [-0.4, -0.2) is 49.8 Å². The molecule has 8 heteroatoms. The number of allylic oxidation sites excluding steroid dienone is 2. The standard InChI is InChI=1S/C15H23N3O5/c1-8(2)4-3-5-9-6-18(15(22)17-13(9)16)14-12(21)11(20)10(7-19)23-14/h3-4,6,8,10-12,14,19-21H,5,7H2,1-2H3,(H2,16,17,22)/t10-,11-,12-,14-/m1/s1. The number of aromatic nitrogens is 2. The maximum Gasteiger partial charge on any atom is 0.351 e. The first-order valence-corrected chi connectivity index (χ1v) is 7.51. The second-order valence-electron chi connectivity index (χ2n) is 5.95. The largest absolute Gasteiger partial charge is 0.394 e. The van der Waals surface area contributed by atoms with E-state index in [1.807, 2.05) is 26.0 Å². The van der Waals surface area contributed by atoms with Crippen LogP contribution in [0.4, 0.5) is 5.82 Å². The van der Waals surface area contributed by atoms with Crippen LogP contribution < -0.4 is 11.4 Å². The number of aliphatic hydroxyl groups excluding tert-OH is 3. The van der Waals surface area contributed by atoms with Gasteiger partial charge in [-0.15, -0.1) is 0 Å². The van der Waals surface area contributed by atoms with Gasteiger partial charge in [-0.25, -0.2) is 4.79 Å². The number of aliphatic hydroxyl groups is 3. The third kappa shape index (κ3) is 3.78. The molecule has 23 heavy (non-hydrogen) atoms. The number of nitrogens with two attached hydrogens (primary N) is 1. The van der Waals surface area contributed by atoms with E-state index in [0.29, 0.717) is 17.9 Å². The summed E-state index contributed by atoms with van der Waals surface area (Å²) >= 11 is 0. The van der Waals surface area contributed by atoms with Gasteiger partial charge in [-0.3, -0.25) is 4.57 Å². The molecule has 1 aliphatic heterocycles. The Morgan fingerprint density at radius 3 is 2.70 bits per heavy atom. The van der Waals surface area contributed by atoms with Crippen molar-refractivity contribution in [2.45, 2.75) is 44.8 Å². The first-order valence-electron chi connectivity index (χ1n) is 7.51. The summed E-state index contributed by atoms with van der Waals surface area (Å²) in [5.41, 5.74) is 5.69.